The smallest absolute Gasteiger partial charge is 0.0174 e. The van der Waals surface area contributed by atoms with Crippen LogP contribution in [0.1, 0.15) is 72.1 Å². The molecule has 0 heterocycles. The van der Waals surface area contributed by atoms with Crippen molar-refractivity contribution in [3.63, 3.8) is 0 Å². The van der Waals surface area contributed by atoms with Crippen LogP contribution >= 0.6 is 15.9 Å². The minimum atomic E-state index is 0.805. The molecule has 16 heavy (non-hydrogen) atoms. The molecule has 1 heteroatoms. The largest absolute Gasteiger partial charge is 0.0888 e. The van der Waals surface area contributed by atoms with Gasteiger partial charge in [-0.05, 0) is 43.4 Å². The molecule has 1 rings (SSSR count). The van der Waals surface area contributed by atoms with Gasteiger partial charge in [-0.15, -0.1) is 0 Å². The summed E-state index contributed by atoms with van der Waals surface area (Å²) < 4.78 is 0. The molecule has 0 aliphatic heterocycles. The molecule has 0 saturated heterocycles. The van der Waals surface area contributed by atoms with E-state index in [0.717, 1.165) is 22.6 Å². The van der Waals surface area contributed by atoms with Crippen LogP contribution in [0.15, 0.2) is 0 Å². The van der Waals surface area contributed by atoms with Crippen LogP contribution in [-0.4, -0.2) is 4.83 Å². The molecule has 1 saturated carbocycles. The number of hydrogen-bond donors (Lipinski definition) is 0. The molecule has 1 fully saturated rings. The molecule has 1 aliphatic rings. The van der Waals surface area contributed by atoms with Crippen molar-refractivity contribution < 1.29 is 0 Å². The molecule has 4 unspecified atom stereocenters. The van der Waals surface area contributed by atoms with Crippen LogP contribution in [0.3, 0.4) is 0 Å². The van der Waals surface area contributed by atoms with Gasteiger partial charge in [-0.2, -0.15) is 0 Å². The number of rotatable bonds is 6. The SMILES string of the molecule is CCCC(C)CC1CC(CCC)CCC1Br. The fourth-order valence-corrected chi connectivity index (χ4v) is 4.06. The van der Waals surface area contributed by atoms with Crippen molar-refractivity contribution in [2.75, 3.05) is 0 Å². The highest BCUT2D eigenvalue weighted by Crippen LogP contribution is 2.39. The predicted octanol–water partition coefficient (Wildman–Crippen LogP) is 5.79. The van der Waals surface area contributed by atoms with Gasteiger partial charge in [0.2, 0.25) is 0 Å². The maximum absolute atomic E-state index is 3.91. The first kappa shape index (κ1) is 14.5. The summed E-state index contributed by atoms with van der Waals surface area (Å²) >= 11 is 3.91. The average molecular weight is 289 g/mol. The Morgan fingerprint density at radius 3 is 2.56 bits per heavy atom. The van der Waals surface area contributed by atoms with E-state index in [1.165, 1.54) is 51.4 Å². The summed E-state index contributed by atoms with van der Waals surface area (Å²) in [4.78, 5) is 0.805. The predicted molar refractivity (Wildman–Crippen MR) is 77.1 cm³/mol. The van der Waals surface area contributed by atoms with Crippen LogP contribution in [0, 0.1) is 17.8 Å². The highest BCUT2D eigenvalue weighted by Gasteiger charge is 2.29. The third-order valence-corrected chi connectivity index (χ3v) is 5.39. The molecule has 0 spiro atoms. The Balaban J connectivity index is 2.36. The van der Waals surface area contributed by atoms with E-state index in [-0.39, 0.29) is 0 Å². The first-order valence-corrected chi connectivity index (χ1v) is 8.22. The molecular formula is C15H29Br. The quantitative estimate of drug-likeness (QED) is 0.543. The molecule has 1 aliphatic carbocycles. The second kappa shape index (κ2) is 7.74. The van der Waals surface area contributed by atoms with Crippen molar-refractivity contribution in [1.29, 1.82) is 0 Å². The zero-order valence-corrected chi connectivity index (χ0v) is 12.9. The fourth-order valence-electron chi connectivity index (χ4n) is 3.37. The third-order valence-electron chi connectivity index (χ3n) is 4.18. The summed E-state index contributed by atoms with van der Waals surface area (Å²) in [7, 11) is 0. The molecule has 0 N–H and O–H groups in total. The summed E-state index contributed by atoms with van der Waals surface area (Å²) in [5.41, 5.74) is 0. The summed E-state index contributed by atoms with van der Waals surface area (Å²) in [6.07, 6.45) is 11.4. The van der Waals surface area contributed by atoms with Crippen molar-refractivity contribution in [3.05, 3.63) is 0 Å². The highest BCUT2D eigenvalue weighted by molar-refractivity contribution is 9.09. The third kappa shape index (κ3) is 4.77. The molecular weight excluding hydrogens is 260 g/mol. The van der Waals surface area contributed by atoms with E-state index in [0.29, 0.717) is 0 Å². The Kier molecular flexibility index (Phi) is 7.03. The maximum Gasteiger partial charge on any atom is 0.0174 e. The van der Waals surface area contributed by atoms with Gasteiger partial charge >= 0.3 is 0 Å². The molecule has 0 bridgehead atoms. The van der Waals surface area contributed by atoms with Crippen LogP contribution in [0.2, 0.25) is 0 Å². The van der Waals surface area contributed by atoms with Gasteiger partial charge in [-0.25, -0.2) is 0 Å². The van der Waals surface area contributed by atoms with Crippen molar-refractivity contribution in [1.82, 2.24) is 0 Å². The Morgan fingerprint density at radius 1 is 1.19 bits per heavy atom. The van der Waals surface area contributed by atoms with E-state index < -0.39 is 0 Å². The summed E-state index contributed by atoms with van der Waals surface area (Å²) in [6.45, 7) is 7.07. The lowest BCUT2D eigenvalue weighted by molar-refractivity contribution is 0.228. The Labute approximate surface area is 111 Å². The number of alkyl halides is 1. The second-order valence-corrected chi connectivity index (χ2v) is 7.05. The topological polar surface area (TPSA) is 0 Å². The van der Waals surface area contributed by atoms with E-state index >= 15 is 0 Å². The van der Waals surface area contributed by atoms with Gasteiger partial charge in [-0.3, -0.25) is 0 Å². The van der Waals surface area contributed by atoms with E-state index in [1.54, 1.807) is 0 Å². The van der Waals surface area contributed by atoms with Gasteiger partial charge in [0.05, 0.1) is 0 Å². The van der Waals surface area contributed by atoms with E-state index in [4.69, 9.17) is 0 Å². The highest BCUT2D eigenvalue weighted by atomic mass is 79.9. The van der Waals surface area contributed by atoms with Crippen LogP contribution < -0.4 is 0 Å². The average Bonchev–Trinajstić information content (AvgIpc) is 2.24. The monoisotopic (exact) mass is 288 g/mol. The van der Waals surface area contributed by atoms with Gasteiger partial charge in [0.1, 0.15) is 0 Å². The zero-order valence-electron chi connectivity index (χ0n) is 11.3. The van der Waals surface area contributed by atoms with E-state index in [1.807, 2.05) is 0 Å². The molecule has 4 atom stereocenters. The van der Waals surface area contributed by atoms with Crippen molar-refractivity contribution in [2.45, 2.75) is 77.0 Å². The normalized spacial score (nSPS) is 32.6. The van der Waals surface area contributed by atoms with Gasteiger partial charge in [-0.1, -0.05) is 62.4 Å². The summed E-state index contributed by atoms with van der Waals surface area (Å²) in [6, 6.07) is 0. The standard InChI is InChI=1S/C15H29Br/c1-4-6-12(3)10-14-11-13(7-5-2)8-9-15(14)16/h12-15H,4-11H2,1-3H3. The van der Waals surface area contributed by atoms with Crippen LogP contribution in [0.4, 0.5) is 0 Å². The van der Waals surface area contributed by atoms with Gasteiger partial charge in [0, 0.05) is 4.83 Å². The number of halogens is 1. The summed E-state index contributed by atoms with van der Waals surface area (Å²) in [5.74, 6) is 2.90. The zero-order chi connectivity index (χ0) is 12.0. The van der Waals surface area contributed by atoms with Gasteiger partial charge in [0.25, 0.3) is 0 Å². The van der Waals surface area contributed by atoms with Gasteiger partial charge < -0.3 is 0 Å². The lowest BCUT2D eigenvalue weighted by Gasteiger charge is -2.34. The van der Waals surface area contributed by atoms with Crippen molar-refractivity contribution in [2.24, 2.45) is 17.8 Å². The lowest BCUT2D eigenvalue weighted by Crippen LogP contribution is -2.26. The van der Waals surface area contributed by atoms with Crippen molar-refractivity contribution >= 4 is 15.9 Å². The minimum Gasteiger partial charge on any atom is -0.0888 e. The van der Waals surface area contributed by atoms with Crippen LogP contribution in [0.5, 0.6) is 0 Å². The molecule has 0 amide bonds. The molecule has 0 nitrogen and oxygen atoms in total. The molecule has 0 radical (unpaired) electrons. The molecule has 0 aromatic rings. The minimum absolute atomic E-state index is 0.805. The molecule has 0 aromatic carbocycles. The Bertz CT molecular complexity index is 176. The van der Waals surface area contributed by atoms with E-state index in [2.05, 4.69) is 36.7 Å². The van der Waals surface area contributed by atoms with E-state index in [9.17, 15) is 0 Å². The Hall–Kier alpha value is 0.480. The van der Waals surface area contributed by atoms with Crippen LogP contribution in [-0.2, 0) is 0 Å². The molecule has 0 aromatic heterocycles. The van der Waals surface area contributed by atoms with Crippen LogP contribution in [0.25, 0.3) is 0 Å². The lowest BCUT2D eigenvalue weighted by atomic mass is 9.75. The Morgan fingerprint density at radius 2 is 1.94 bits per heavy atom. The fraction of sp³-hybridized carbons (Fsp3) is 1.00. The second-order valence-electron chi connectivity index (χ2n) is 5.87. The summed E-state index contributed by atoms with van der Waals surface area (Å²) in [5, 5.41) is 0. The van der Waals surface area contributed by atoms with Gasteiger partial charge in [0.15, 0.2) is 0 Å². The van der Waals surface area contributed by atoms with Crippen molar-refractivity contribution in [3.8, 4) is 0 Å². The first-order chi connectivity index (χ1) is 7.67. The molecule has 96 valence electrons. The first-order valence-electron chi connectivity index (χ1n) is 7.31. The maximum atomic E-state index is 3.91. The number of hydrogen-bond acceptors (Lipinski definition) is 0.